The molecular weight excluding hydrogens is 463 g/mol. The molecule has 194 valence electrons. The van der Waals surface area contributed by atoms with Crippen molar-refractivity contribution in [2.75, 3.05) is 30.7 Å². The molecule has 2 aromatic rings. The van der Waals surface area contributed by atoms with Crippen LogP contribution in [0, 0.1) is 13.8 Å². The van der Waals surface area contributed by atoms with Gasteiger partial charge in [0.1, 0.15) is 5.82 Å². The Balaban J connectivity index is 2.28. The number of alkyl halides is 3. The molecule has 0 saturated heterocycles. The van der Waals surface area contributed by atoms with Gasteiger partial charge < -0.3 is 21.3 Å². The first kappa shape index (κ1) is 28.3. The number of aryl methyl sites for hydroxylation is 2. The zero-order valence-corrected chi connectivity index (χ0v) is 20.3. The molecule has 0 saturated carbocycles. The fourth-order valence-corrected chi connectivity index (χ4v) is 4.05. The van der Waals surface area contributed by atoms with Crippen molar-refractivity contribution >= 4 is 17.7 Å². The molecule has 0 bridgehead atoms. The van der Waals surface area contributed by atoms with E-state index in [1.54, 1.807) is 12.1 Å². The number of anilines is 2. The van der Waals surface area contributed by atoms with Crippen LogP contribution in [0.4, 0.5) is 24.9 Å². The van der Waals surface area contributed by atoms with E-state index >= 15 is 0 Å². The highest BCUT2D eigenvalue weighted by atomic mass is 19.4. The Morgan fingerprint density at radius 3 is 2.51 bits per heavy atom. The number of nitrogen functional groups attached to an aromatic ring is 1. The molecule has 8 nitrogen and oxygen atoms in total. The lowest BCUT2D eigenvalue weighted by atomic mass is 9.97. The Bertz CT molecular complexity index is 995. The number of aliphatic hydroxyl groups is 1. The molecule has 0 aliphatic rings. The molecule has 5 N–H and O–H groups in total. The lowest BCUT2D eigenvalue weighted by Crippen LogP contribution is -2.37. The summed E-state index contributed by atoms with van der Waals surface area (Å²) in [5.41, 5.74) is 9.81. The fraction of sp³-hybridized carbons (Fsp3) is 0.542. The van der Waals surface area contributed by atoms with E-state index in [1.807, 2.05) is 19.9 Å². The summed E-state index contributed by atoms with van der Waals surface area (Å²) in [5, 5.41) is 21.8. The molecule has 0 fully saturated rings. The van der Waals surface area contributed by atoms with E-state index in [-0.39, 0.29) is 25.1 Å². The molecule has 1 aromatic heterocycles. The van der Waals surface area contributed by atoms with Crippen LogP contribution >= 0.6 is 0 Å². The van der Waals surface area contributed by atoms with Crippen molar-refractivity contribution in [1.29, 1.82) is 0 Å². The van der Waals surface area contributed by atoms with Crippen molar-refractivity contribution in [3.8, 4) is 0 Å². The molecule has 35 heavy (non-hydrogen) atoms. The third-order valence-electron chi connectivity index (χ3n) is 5.63. The van der Waals surface area contributed by atoms with Gasteiger partial charge >= 0.3 is 12.1 Å². The Labute approximate surface area is 203 Å². The van der Waals surface area contributed by atoms with Gasteiger partial charge in [-0.25, -0.2) is 4.98 Å². The van der Waals surface area contributed by atoms with E-state index in [2.05, 4.69) is 22.2 Å². The summed E-state index contributed by atoms with van der Waals surface area (Å²) in [4.78, 5) is 20.5. The quantitative estimate of drug-likeness (QED) is 0.330. The summed E-state index contributed by atoms with van der Waals surface area (Å²) in [6, 6.07) is 5.33. The summed E-state index contributed by atoms with van der Waals surface area (Å²) >= 11 is 0. The van der Waals surface area contributed by atoms with Gasteiger partial charge in [-0.1, -0.05) is 31.5 Å². The predicted octanol–water partition coefficient (Wildman–Crippen LogP) is 3.68. The maximum Gasteiger partial charge on any atom is 0.401 e. The fourth-order valence-electron chi connectivity index (χ4n) is 4.05. The van der Waals surface area contributed by atoms with Crippen LogP contribution in [-0.2, 0) is 17.8 Å². The molecule has 0 spiro atoms. The van der Waals surface area contributed by atoms with Crippen molar-refractivity contribution in [3.05, 3.63) is 46.1 Å². The molecule has 0 radical (unpaired) electrons. The number of nitrogens with zero attached hydrogens (tertiary/aromatic N) is 3. The average Bonchev–Trinajstić information content (AvgIpc) is 2.70. The van der Waals surface area contributed by atoms with Gasteiger partial charge in [-0.05, 0) is 43.4 Å². The Morgan fingerprint density at radius 1 is 1.23 bits per heavy atom. The van der Waals surface area contributed by atoms with Crippen LogP contribution in [-0.4, -0.2) is 63.0 Å². The van der Waals surface area contributed by atoms with E-state index in [9.17, 15) is 23.1 Å². The minimum absolute atomic E-state index is 0.0229. The second kappa shape index (κ2) is 12.7. The first-order valence-corrected chi connectivity index (χ1v) is 11.5. The molecule has 1 aromatic carbocycles. The molecule has 0 unspecified atom stereocenters. The molecule has 2 rings (SSSR count). The van der Waals surface area contributed by atoms with Gasteiger partial charge in [0.15, 0.2) is 0 Å². The maximum atomic E-state index is 12.9. The highest BCUT2D eigenvalue weighted by molar-refractivity contribution is 5.69. The number of aliphatic hydroxyl groups excluding tert-OH is 1. The topological polar surface area (TPSA) is 125 Å². The third-order valence-corrected chi connectivity index (χ3v) is 5.63. The molecule has 11 heteroatoms. The van der Waals surface area contributed by atoms with Gasteiger partial charge in [0.25, 0.3) is 0 Å². The van der Waals surface area contributed by atoms with Gasteiger partial charge in [0.2, 0.25) is 5.95 Å². The van der Waals surface area contributed by atoms with Crippen LogP contribution in [0.2, 0.25) is 0 Å². The summed E-state index contributed by atoms with van der Waals surface area (Å²) in [7, 11) is 0. The van der Waals surface area contributed by atoms with E-state index in [1.165, 1.54) is 0 Å². The predicted molar refractivity (Wildman–Crippen MR) is 128 cm³/mol. The lowest BCUT2D eigenvalue weighted by Gasteiger charge is -2.23. The van der Waals surface area contributed by atoms with Crippen molar-refractivity contribution in [2.24, 2.45) is 0 Å². The van der Waals surface area contributed by atoms with Crippen LogP contribution in [0.1, 0.15) is 54.1 Å². The van der Waals surface area contributed by atoms with Gasteiger partial charge in [-0.15, -0.1) is 0 Å². The average molecular weight is 498 g/mol. The monoisotopic (exact) mass is 497 g/mol. The van der Waals surface area contributed by atoms with E-state index in [0.29, 0.717) is 29.9 Å². The van der Waals surface area contributed by atoms with E-state index < -0.39 is 25.2 Å². The molecule has 1 atom stereocenters. The standard InChI is InChI=1S/C24H34F3N5O3/c1-4-5-19(8-9-33)30-22-20(16(3)29-23(28)31-22)11-18-7-6-17(10-15(18)2)12-32(13-21(34)35)14-24(25,26)27/h6-7,10,19,33H,4-5,8-9,11-14H2,1-3H3,(H,34,35)(H3,28,29,30,31)/t19-/m0/s1. The van der Waals surface area contributed by atoms with E-state index in [4.69, 9.17) is 10.8 Å². The minimum Gasteiger partial charge on any atom is -0.480 e. The smallest absolute Gasteiger partial charge is 0.401 e. The Kier molecular flexibility index (Phi) is 10.3. The number of benzene rings is 1. The van der Waals surface area contributed by atoms with Crippen LogP contribution in [0.25, 0.3) is 0 Å². The number of aliphatic carboxylic acids is 1. The summed E-state index contributed by atoms with van der Waals surface area (Å²) < 4.78 is 38.6. The number of carboxylic acid groups (broad SMARTS) is 1. The van der Waals surface area contributed by atoms with Crippen LogP contribution in [0.3, 0.4) is 0 Å². The van der Waals surface area contributed by atoms with Gasteiger partial charge in [0.05, 0.1) is 13.1 Å². The first-order valence-electron chi connectivity index (χ1n) is 11.5. The van der Waals surface area contributed by atoms with Crippen molar-refractivity contribution < 1.29 is 28.2 Å². The number of nitrogens with two attached hydrogens (primary N) is 1. The highest BCUT2D eigenvalue weighted by Crippen LogP contribution is 2.26. The Hall–Kier alpha value is -2.92. The molecule has 1 heterocycles. The zero-order chi connectivity index (χ0) is 26.2. The normalized spacial score (nSPS) is 12.7. The number of hydrogen-bond donors (Lipinski definition) is 4. The minimum atomic E-state index is -4.49. The maximum absolute atomic E-state index is 12.9. The molecular formula is C24H34F3N5O3. The van der Waals surface area contributed by atoms with Gasteiger partial charge in [-0.3, -0.25) is 9.69 Å². The number of carbonyl (C=O) groups is 1. The second-order valence-electron chi connectivity index (χ2n) is 8.73. The van der Waals surface area contributed by atoms with Crippen molar-refractivity contribution in [2.45, 2.75) is 65.2 Å². The SMILES string of the molecule is CCC[C@@H](CCO)Nc1nc(N)nc(C)c1Cc1ccc(CN(CC(=O)O)CC(F)(F)F)cc1C. The summed E-state index contributed by atoms with van der Waals surface area (Å²) in [6.07, 6.45) is -1.68. The van der Waals surface area contributed by atoms with Crippen LogP contribution in [0.5, 0.6) is 0 Å². The van der Waals surface area contributed by atoms with Gasteiger partial charge in [-0.2, -0.15) is 18.2 Å². The number of carboxylic acids is 1. The zero-order valence-electron chi connectivity index (χ0n) is 20.3. The summed E-state index contributed by atoms with van der Waals surface area (Å²) in [6.45, 7) is 3.65. The Morgan fingerprint density at radius 2 is 1.94 bits per heavy atom. The third kappa shape index (κ3) is 9.33. The highest BCUT2D eigenvalue weighted by Gasteiger charge is 2.31. The number of nitrogens with one attached hydrogen (secondary N) is 1. The summed E-state index contributed by atoms with van der Waals surface area (Å²) in [5.74, 6) is -0.574. The number of halogens is 3. The first-order chi connectivity index (χ1) is 16.4. The van der Waals surface area contributed by atoms with Crippen molar-refractivity contribution in [1.82, 2.24) is 14.9 Å². The number of aromatic nitrogens is 2. The van der Waals surface area contributed by atoms with Crippen LogP contribution in [0.15, 0.2) is 18.2 Å². The molecule has 0 aliphatic heterocycles. The second-order valence-corrected chi connectivity index (χ2v) is 8.73. The van der Waals surface area contributed by atoms with Crippen molar-refractivity contribution in [3.63, 3.8) is 0 Å². The lowest BCUT2D eigenvalue weighted by molar-refractivity contribution is -0.154. The number of hydrogen-bond acceptors (Lipinski definition) is 7. The molecule has 0 amide bonds. The largest absolute Gasteiger partial charge is 0.480 e. The van der Waals surface area contributed by atoms with E-state index in [0.717, 1.165) is 34.4 Å². The molecule has 0 aliphatic carbocycles. The van der Waals surface area contributed by atoms with Gasteiger partial charge in [0, 0.05) is 36.9 Å². The van der Waals surface area contributed by atoms with Crippen LogP contribution < -0.4 is 11.1 Å². The number of rotatable bonds is 13.